The number of carbonyl (C=O) groups excluding carboxylic acids is 4. The Morgan fingerprint density at radius 3 is 1.97 bits per heavy atom. The Morgan fingerprint density at radius 2 is 1.52 bits per heavy atom. The van der Waals surface area contributed by atoms with Crippen molar-refractivity contribution in [3.8, 4) is 0 Å². The highest BCUT2D eigenvalue weighted by Gasteiger charge is 2.30. The molecule has 166 valence electrons. The van der Waals surface area contributed by atoms with E-state index in [0.717, 1.165) is 0 Å². The lowest BCUT2D eigenvalue weighted by Gasteiger charge is -2.23. The lowest BCUT2D eigenvalue weighted by Crippen LogP contribution is -2.58. The minimum absolute atomic E-state index is 0.133. The van der Waals surface area contributed by atoms with Crippen molar-refractivity contribution < 1.29 is 34.2 Å². The third-order valence-corrected chi connectivity index (χ3v) is 4.63. The number of thiol groups is 1. The van der Waals surface area contributed by atoms with Crippen LogP contribution in [-0.2, 0) is 24.0 Å². The maximum absolute atomic E-state index is 12.4. The van der Waals surface area contributed by atoms with Gasteiger partial charge in [0.1, 0.15) is 18.1 Å². The average Bonchev–Trinajstić information content (AvgIpc) is 2.66. The van der Waals surface area contributed by atoms with Gasteiger partial charge in [0.15, 0.2) is 0 Å². The van der Waals surface area contributed by atoms with Crippen LogP contribution in [0.3, 0.4) is 0 Å². The summed E-state index contributed by atoms with van der Waals surface area (Å²) in [5.41, 5.74) is 10.8. The Morgan fingerprint density at radius 1 is 1.00 bits per heavy atom. The Kier molecular flexibility index (Phi) is 13.0. The first kappa shape index (κ1) is 27.0. The number of nitrogens with one attached hydrogen (secondary N) is 3. The fourth-order valence-corrected chi connectivity index (χ4v) is 2.74. The quantitative estimate of drug-likeness (QED) is 0.122. The van der Waals surface area contributed by atoms with Crippen molar-refractivity contribution in [3.05, 3.63) is 0 Å². The van der Waals surface area contributed by atoms with Crippen LogP contribution in [0.1, 0.15) is 12.8 Å². The van der Waals surface area contributed by atoms with Gasteiger partial charge in [0, 0.05) is 5.75 Å². The van der Waals surface area contributed by atoms with E-state index in [-0.39, 0.29) is 5.75 Å². The van der Waals surface area contributed by atoms with E-state index in [4.69, 9.17) is 21.7 Å². The van der Waals surface area contributed by atoms with Crippen molar-refractivity contribution in [2.24, 2.45) is 11.5 Å². The summed E-state index contributed by atoms with van der Waals surface area (Å²) >= 11 is 5.49. The Bertz CT molecular complexity index is 608. The summed E-state index contributed by atoms with van der Waals surface area (Å²) in [6.45, 7) is -0.901. The number of aliphatic hydroxyl groups is 1. The van der Waals surface area contributed by atoms with Crippen LogP contribution < -0.4 is 27.4 Å². The number of aliphatic hydroxyl groups excluding tert-OH is 1. The van der Waals surface area contributed by atoms with E-state index in [9.17, 15) is 24.0 Å². The van der Waals surface area contributed by atoms with Crippen LogP contribution in [0.4, 0.5) is 0 Å². The lowest BCUT2D eigenvalue weighted by molar-refractivity contribution is -0.143. The molecule has 0 fully saturated rings. The highest BCUT2D eigenvalue weighted by Crippen LogP contribution is 2.01. The third-order valence-electron chi connectivity index (χ3n) is 3.62. The normalized spacial score (nSPS) is 14.8. The molecule has 0 aromatic carbocycles. The third kappa shape index (κ3) is 10.3. The van der Waals surface area contributed by atoms with Crippen LogP contribution in [-0.4, -0.2) is 88.3 Å². The fourth-order valence-electron chi connectivity index (χ4n) is 1.99. The highest BCUT2D eigenvalue weighted by atomic mass is 32.2. The molecule has 29 heavy (non-hydrogen) atoms. The van der Waals surface area contributed by atoms with Gasteiger partial charge >= 0.3 is 5.97 Å². The van der Waals surface area contributed by atoms with E-state index in [1.54, 1.807) is 0 Å². The van der Waals surface area contributed by atoms with Gasteiger partial charge in [-0.1, -0.05) is 0 Å². The molecule has 4 atom stereocenters. The zero-order valence-electron chi connectivity index (χ0n) is 15.8. The van der Waals surface area contributed by atoms with Crippen molar-refractivity contribution >= 4 is 54.0 Å². The molecule has 0 saturated carbocycles. The second kappa shape index (κ2) is 14.0. The Hall–Kier alpha value is -2.03. The zero-order valence-corrected chi connectivity index (χ0v) is 17.5. The van der Waals surface area contributed by atoms with Crippen LogP contribution in [0, 0.1) is 0 Å². The highest BCUT2D eigenvalue weighted by molar-refractivity contribution is 7.98. The number of rotatable bonds is 14. The summed E-state index contributed by atoms with van der Waals surface area (Å²) in [5, 5.41) is 24.5. The van der Waals surface area contributed by atoms with Gasteiger partial charge < -0.3 is 37.6 Å². The predicted octanol–water partition coefficient (Wildman–Crippen LogP) is -3.60. The molecule has 14 heteroatoms. The molecule has 0 aromatic heterocycles. The standard InChI is InChI=1S/C15H27N5O7S2/c1-29-3-2-7(16)12(23)20-10(6-28)14(25)18-8(4-11(17)22)13(24)19-9(5-21)15(26)27/h7-10,21,28H,2-6,16H2,1H3,(H2,17,22)(H,18,25)(H,19,24)(H,20,23)(H,26,27). The molecule has 0 bridgehead atoms. The molecular formula is C15H27N5O7S2. The lowest BCUT2D eigenvalue weighted by atomic mass is 10.1. The molecule has 4 amide bonds. The topological polar surface area (TPSA) is 214 Å². The number of carboxylic acid groups (broad SMARTS) is 1. The van der Waals surface area contributed by atoms with Crippen LogP contribution >= 0.6 is 24.4 Å². The van der Waals surface area contributed by atoms with Crippen molar-refractivity contribution in [3.63, 3.8) is 0 Å². The van der Waals surface area contributed by atoms with Gasteiger partial charge in [-0.25, -0.2) is 4.79 Å². The zero-order chi connectivity index (χ0) is 22.6. The molecule has 0 heterocycles. The molecule has 0 aliphatic carbocycles. The molecule has 9 N–H and O–H groups in total. The van der Waals surface area contributed by atoms with Gasteiger partial charge in [-0.15, -0.1) is 0 Å². The summed E-state index contributed by atoms with van der Waals surface area (Å²) in [4.78, 5) is 58.8. The van der Waals surface area contributed by atoms with E-state index in [1.807, 2.05) is 11.6 Å². The largest absolute Gasteiger partial charge is 0.480 e. The minimum atomic E-state index is -1.63. The summed E-state index contributed by atoms with van der Waals surface area (Å²) in [7, 11) is 0. The number of hydrogen-bond donors (Lipinski definition) is 8. The van der Waals surface area contributed by atoms with Crippen molar-refractivity contribution in [1.29, 1.82) is 0 Å². The number of aliphatic carboxylic acids is 1. The van der Waals surface area contributed by atoms with Gasteiger partial charge in [0.25, 0.3) is 0 Å². The first-order valence-electron chi connectivity index (χ1n) is 8.45. The fraction of sp³-hybridized carbons (Fsp3) is 0.667. The van der Waals surface area contributed by atoms with Gasteiger partial charge in [0.2, 0.25) is 23.6 Å². The van der Waals surface area contributed by atoms with E-state index < -0.39 is 66.8 Å². The summed E-state index contributed by atoms with van der Waals surface area (Å²) in [6.07, 6.45) is 1.61. The summed E-state index contributed by atoms with van der Waals surface area (Å²) in [5.74, 6) is -4.41. The number of nitrogens with two attached hydrogens (primary N) is 2. The second-order valence-electron chi connectivity index (χ2n) is 5.95. The number of thioether (sulfide) groups is 1. The maximum atomic E-state index is 12.4. The van der Waals surface area contributed by atoms with Gasteiger partial charge in [-0.05, 0) is 18.4 Å². The maximum Gasteiger partial charge on any atom is 0.328 e. The Balaban J connectivity index is 5.12. The molecule has 0 aromatic rings. The van der Waals surface area contributed by atoms with Crippen LogP contribution in [0.2, 0.25) is 0 Å². The van der Waals surface area contributed by atoms with Crippen LogP contribution in [0.15, 0.2) is 0 Å². The number of hydrogen-bond acceptors (Lipinski definition) is 9. The van der Waals surface area contributed by atoms with Gasteiger partial charge in [-0.2, -0.15) is 24.4 Å². The van der Waals surface area contributed by atoms with E-state index >= 15 is 0 Å². The molecule has 12 nitrogen and oxygen atoms in total. The van der Waals surface area contributed by atoms with E-state index in [1.165, 1.54) is 11.8 Å². The Labute approximate surface area is 177 Å². The van der Waals surface area contributed by atoms with E-state index in [2.05, 4.69) is 23.3 Å². The monoisotopic (exact) mass is 453 g/mol. The average molecular weight is 454 g/mol. The van der Waals surface area contributed by atoms with Crippen molar-refractivity contribution in [2.75, 3.05) is 24.4 Å². The summed E-state index contributed by atoms with van der Waals surface area (Å²) < 4.78 is 0. The molecule has 0 aliphatic rings. The van der Waals surface area contributed by atoms with Crippen molar-refractivity contribution in [2.45, 2.75) is 37.0 Å². The summed E-state index contributed by atoms with van der Waals surface area (Å²) in [6, 6.07) is -5.16. The first-order valence-corrected chi connectivity index (χ1v) is 10.5. The number of carbonyl (C=O) groups is 5. The first-order chi connectivity index (χ1) is 13.6. The number of amides is 4. The van der Waals surface area contributed by atoms with Gasteiger partial charge in [0.05, 0.1) is 19.1 Å². The molecule has 0 rings (SSSR count). The molecule has 0 saturated heterocycles. The smallest absolute Gasteiger partial charge is 0.328 e. The SMILES string of the molecule is CSCCC(N)C(=O)NC(CS)C(=O)NC(CC(N)=O)C(=O)NC(CO)C(=O)O. The number of primary amides is 1. The predicted molar refractivity (Wildman–Crippen MR) is 109 cm³/mol. The molecule has 4 unspecified atom stereocenters. The molecular weight excluding hydrogens is 426 g/mol. The van der Waals surface area contributed by atoms with Crippen molar-refractivity contribution in [1.82, 2.24) is 16.0 Å². The molecule has 0 aliphatic heterocycles. The van der Waals surface area contributed by atoms with E-state index in [0.29, 0.717) is 12.2 Å². The molecule has 0 radical (unpaired) electrons. The van der Waals surface area contributed by atoms with Crippen LogP contribution in [0.5, 0.6) is 0 Å². The second-order valence-corrected chi connectivity index (χ2v) is 7.30. The van der Waals surface area contributed by atoms with Gasteiger partial charge in [-0.3, -0.25) is 19.2 Å². The minimum Gasteiger partial charge on any atom is -0.480 e. The molecule has 0 spiro atoms. The number of carboxylic acids is 1. The van der Waals surface area contributed by atoms with Crippen LogP contribution in [0.25, 0.3) is 0 Å².